The van der Waals surface area contributed by atoms with E-state index in [1.54, 1.807) is 0 Å². The molecule has 2 amide bonds. The van der Waals surface area contributed by atoms with E-state index in [1.165, 1.54) is 0 Å². The van der Waals surface area contributed by atoms with Crippen LogP contribution in [0.4, 0.5) is 10.5 Å². The number of halogens is 1. The SMILES string of the molecule is CN[C@@H]1CCN(C(=O)Nc2cccc(C)c2)C1.Cl. The molecule has 1 atom stereocenters. The Balaban J connectivity index is 0.00000162. The molecule has 5 heteroatoms. The summed E-state index contributed by atoms with van der Waals surface area (Å²) in [6.45, 7) is 3.62. The molecule has 1 aromatic rings. The zero-order chi connectivity index (χ0) is 12.3. The Morgan fingerprint density at radius 1 is 1.44 bits per heavy atom. The van der Waals surface area contributed by atoms with Gasteiger partial charge in [-0.05, 0) is 38.1 Å². The first-order valence-corrected chi connectivity index (χ1v) is 5.99. The molecule has 2 rings (SSSR count). The highest BCUT2D eigenvalue weighted by Crippen LogP contribution is 2.13. The Morgan fingerprint density at radius 3 is 2.83 bits per heavy atom. The van der Waals surface area contributed by atoms with E-state index in [1.807, 2.05) is 43.1 Å². The quantitative estimate of drug-likeness (QED) is 0.865. The van der Waals surface area contributed by atoms with Crippen LogP contribution in [0.5, 0.6) is 0 Å². The molecule has 0 spiro atoms. The summed E-state index contributed by atoms with van der Waals surface area (Å²) in [6.07, 6.45) is 1.03. The van der Waals surface area contributed by atoms with E-state index in [9.17, 15) is 4.79 Å². The Hall–Kier alpha value is -1.26. The fourth-order valence-corrected chi connectivity index (χ4v) is 2.11. The van der Waals surface area contributed by atoms with Gasteiger partial charge in [-0.25, -0.2) is 4.79 Å². The molecule has 1 aliphatic rings. The number of amides is 2. The monoisotopic (exact) mass is 269 g/mol. The van der Waals surface area contributed by atoms with E-state index in [4.69, 9.17) is 0 Å². The summed E-state index contributed by atoms with van der Waals surface area (Å²) in [5.41, 5.74) is 2.01. The molecule has 1 saturated heterocycles. The molecular weight excluding hydrogens is 250 g/mol. The number of hydrogen-bond donors (Lipinski definition) is 2. The van der Waals surface area contributed by atoms with E-state index in [0.29, 0.717) is 6.04 Å². The maximum atomic E-state index is 12.0. The van der Waals surface area contributed by atoms with Crippen LogP contribution in [0.3, 0.4) is 0 Å². The molecule has 0 radical (unpaired) electrons. The van der Waals surface area contributed by atoms with Crippen LogP contribution < -0.4 is 10.6 Å². The van der Waals surface area contributed by atoms with Gasteiger partial charge < -0.3 is 15.5 Å². The molecule has 4 nitrogen and oxygen atoms in total. The van der Waals surface area contributed by atoms with Crippen LogP contribution in [0.15, 0.2) is 24.3 Å². The first-order valence-electron chi connectivity index (χ1n) is 5.99. The molecule has 1 aromatic carbocycles. The van der Waals surface area contributed by atoms with Crippen LogP contribution in [0, 0.1) is 6.92 Å². The van der Waals surface area contributed by atoms with Crippen molar-refractivity contribution in [3.63, 3.8) is 0 Å². The van der Waals surface area contributed by atoms with Crippen molar-refractivity contribution in [3.8, 4) is 0 Å². The average molecular weight is 270 g/mol. The molecule has 0 bridgehead atoms. The van der Waals surface area contributed by atoms with Crippen LogP contribution in [0.2, 0.25) is 0 Å². The second kappa shape index (κ2) is 6.61. The van der Waals surface area contributed by atoms with Crippen molar-refractivity contribution in [1.82, 2.24) is 10.2 Å². The molecule has 100 valence electrons. The number of likely N-dealkylation sites (N-methyl/N-ethyl adjacent to an activating group) is 1. The number of aryl methyl sites for hydroxylation is 1. The van der Waals surface area contributed by atoms with Crippen LogP contribution >= 0.6 is 12.4 Å². The minimum atomic E-state index is -0.00616. The highest BCUT2D eigenvalue weighted by Gasteiger charge is 2.24. The second-order valence-corrected chi connectivity index (χ2v) is 4.52. The summed E-state index contributed by atoms with van der Waals surface area (Å²) in [5, 5.41) is 6.13. The number of hydrogen-bond acceptors (Lipinski definition) is 2. The van der Waals surface area contributed by atoms with Gasteiger partial charge in [0.25, 0.3) is 0 Å². The van der Waals surface area contributed by atoms with Gasteiger partial charge >= 0.3 is 6.03 Å². The summed E-state index contributed by atoms with van der Waals surface area (Å²) >= 11 is 0. The lowest BCUT2D eigenvalue weighted by molar-refractivity contribution is 0.221. The maximum Gasteiger partial charge on any atom is 0.321 e. The summed E-state index contributed by atoms with van der Waals surface area (Å²) in [7, 11) is 1.94. The van der Waals surface area contributed by atoms with Gasteiger partial charge in [0.1, 0.15) is 0 Å². The molecule has 0 aromatic heterocycles. The molecule has 1 fully saturated rings. The van der Waals surface area contributed by atoms with Crippen molar-refractivity contribution >= 4 is 24.1 Å². The average Bonchev–Trinajstić information content (AvgIpc) is 2.77. The molecule has 18 heavy (non-hydrogen) atoms. The smallest absolute Gasteiger partial charge is 0.321 e. The van der Waals surface area contributed by atoms with Gasteiger partial charge in [0.2, 0.25) is 0 Å². The summed E-state index contributed by atoms with van der Waals surface area (Å²) < 4.78 is 0. The van der Waals surface area contributed by atoms with Crippen LogP contribution in [0.25, 0.3) is 0 Å². The lowest BCUT2D eigenvalue weighted by Crippen LogP contribution is -2.36. The largest absolute Gasteiger partial charge is 0.323 e. The van der Waals surface area contributed by atoms with Gasteiger partial charge in [0.05, 0.1) is 0 Å². The molecule has 0 unspecified atom stereocenters. The number of benzene rings is 1. The second-order valence-electron chi connectivity index (χ2n) is 4.52. The number of nitrogens with one attached hydrogen (secondary N) is 2. The van der Waals surface area contributed by atoms with Gasteiger partial charge in [-0.3, -0.25) is 0 Å². The van der Waals surface area contributed by atoms with Gasteiger partial charge in [-0.1, -0.05) is 12.1 Å². The Morgan fingerprint density at radius 2 is 2.22 bits per heavy atom. The van der Waals surface area contributed by atoms with E-state index in [0.717, 1.165) is 30.8 Å². The number of nitrogens with zero attached hydrogens (tertiary/aromatic N) is 1. The van der Waals surface area contributed by atoms with Gasteiger partial charge in [0.15, 0.2) is 0 Å². The lowest BCUT2D eigenvalue weighted by Gasteiger charge is -2.17. The number of anilines is 1. The number of urea groups is 1. The van der Waals surface area contributed by atoms with Gasteiger partial charge in [0, 0.05) is 24.8 Å². The third kappa shape index (κ3) is 3.62. The first-order chi connectivity index (χ1) is 8.19. The Kier molecular flexibility index (Phi) is 5.44. The van der Waals surface area contributed by atoms with Crippen molar-refractivity contribution in [2.75, 3.05) is 25.5 Å². The van der Waals surface area contributed by atoms with Crippen LogP contribution in [-0.2, 0) is 0 Å². The minimum Gasteiger partial charge on any atom is -0.323 e. The predicted octanol–water partition coefficient (Wildman–Crippen LogP) is 2.24. The van der Waals surface area contributed by atoms with E-state index in [2.05, 4.69) is 10.6 Å². The van der Waals surface area contributed by atoms with Crippen molar-refractivity contribution in [3.05, 3.63) is 29.8 Å². The van der Waals surface area contributed by atoms with E-state index < -0.39 is 0 Å². The minimum absolute atomic E-state index is 0. The maximum absolute atomic E-state index is 12.0. The third-order valence-electron chi connectivity index (χ3n) is 3.15. The number of rotatable bonds is 2. The standard InChI is InChI=1S/C13H19N3O.ClH/c1-10-4-3-5-11(8-10)15-13(17)16-7-6-12(9-16)14-2;/h3-5,8,12,14H,6-7,9H2,1-2H3,(H,15,17);1H/t12-;/m1./s1. The molecular formula is C13H20ClN3O. The normalized spacial score (nSPS) is 18.3. The third-order valence-corrected chi connectivity index (χ3v) is 3.15. The zero-order valence-corrected chi connectivity index (χ0v) is 11.6. The fraction of sp³-hybridized carbons (Fsp3) is 0.462. The van der Waals surface area contributed by atoms with Crippen molar-refractivity contribution in [2.24, 2.45) is 0 Å². The molecule has 0 saturated carbocycles. The van der Waals surface area contributed by atoms with Crippen molar-refractivity contribution < 1.29 is 4.79 Å². The lowest BCUT2D eigenvalue weighted by atomic mass is 10.2. The number of carbonyl (C=O) groups excluding carboxylic acids is 1. The summed E-state index contributed by atoms with van der Waals surface area (Å²) in [6, 6.07) is 8.28. The number of likely N-dealkylation sites (tertiary alicyclic amines) is 1. The van der Waals surface area contributed by atoms with Gasteiger partial charge in [-0.2, -0.15) is 0 Å². The topological polar surface area (TPSA) is 44.4 Å². The summed E-state index contributed by atoms with van der Waals surface area (Å²) in [4.78, 5) is 13.8. The molecule has 0 aliphatic carbocycles. The van der Waals surface area contributed by atoms with Crippen LogP contribution in [-0.4, -0.2) is 37.1 Å². The highest BCUT2D eigenvalue weighted by atomic mass is 35.5. The van der Waals surface area contributed by atoms with E-state index >= 15 is 0 Å². The number of carbonyl (C=O) groups is 1. The first kappa shape index (κ1) is 14.8. The molecule has 1 aliphatic heterocycles. The Bertz CT molecular complexity index is 411. The van der Waals surface area contributed by atoms with Gasteiger partial charge in [-0.15, -0.1) is 12.4 Å². The summed E-state index contributed by atoms with van der Waals surface area (Å²) in [5.74, 6) is 0. The van der Waals surface area contributed by atoms with E-state index in [-0.39, 0.29) is 18.4 Å². The zero-order valence-electron chi connectivity index (χ0n) is 10.8. The highest BCUT2D eigenvalue weighted by molar-refractivity contribution is 5.89. The van der Waals surface area contributed by atoms with Crippen molar-refractivity contribution in [2.45, 2.75) is 19.4 Å². The molecule has 1 heterocycles. The molecule has 2 N–H and O–H groups in total. The Labute approximate surface area is 114 Å². The van der Waals surface area contributed by atoms with Crippen LogP contribution in [0.1, 0.15) is 12.0 Å². The van der Waals surface area contributed by atoms with Crippen molar-refractivity contribution in [1.29, 1.82) is 0 Å². The fourth-order valence-electron chi connectivity index (χ4n) is 2.11. The predicted molar refractivity (Wildman–Crippen MR) is 76.5 cm³/mol.